The first kappa shape index (κ1) is 27.9. The molecular weight excluding hydrogens is 520 g/mol. The van der Waals surface area contributed by atoms with E-state index in [-0.39, 0.29) is 23.2 Å². The van der Waals surface area contributed by atoms with E-state index in [2.05, 4.69) is 34.2 Å². The fourth-order valence-electron chi connectivity index (χ4n) is 4.49. The van der Waals surface area contributed by atoms with Crippen LogP contribution in [0, 0.1) is 20.2 Å². The monoisotopic (exact) mass is 550 g/mol. The fraction of sp³-hybridized carbons (Fsp3) is 0.385. The number of nitro groups is 2. The maximum atomic E-state index is 11.2. The molecule has 0 saturated carbocycles. The van der Waals surface area contributed by atoms with Crippen LogP contribution in [0.25, 0.3) is 0 Å². The molecule has 0 spiro atoms. The highest BCUT2D eigenvalue weighted by atomic mass is 32.2. The number of hydrogen-bond donors (Lipinski definition) is 0. The Morgan fingerprint density at radius 1 is 0.718 bits per heavy atom. The Balaban J connectivity index is 1.62. The number of rotatable bonds is 14. The van der Waals surface area contributed by atoms with Gasteiger partial charge in [-0.2, -0.15) is 11.8 Å². The zero-order valence-corrected chi connectivity index (χ0v) is 22.6. The first-order valence-electron chi connectivity index (χ1n) is 12.7. The molecule has 2 atom stereocenters. The van der Waals surface area contributed by atoms with Gasteiger partial charge in [0.15, 0.2) is 0 Å². The summed E-state index contributed by atoms with van der Waals surface area (Å²) in [6, 6.07) is 13.2. The maximum Gasteiger partial charge on any atom is 0.269 e. The van der Waals surface area contributed by atoms with Gasteiger partial charge in [0.2, 0.25) is 0 Å². The maximum absolute atomic E-state index is 11.2. The first-order chi connectivity index (χ1) is 18.9. The summed E-state index contributed by atoms with van der Waals surface area (Å²) >= 11 is 1.70. The second kappa shape index (κ2) is 13.1. The molecule has 0 aliphatic carbocycles. The summed E-state index contributed by atoms with van der Waals surface area (Å²) in [5.41, 5.74) is 1.90. The van der Waals surface area contributed by atoms with Crippen LogP contribution in [0.3, 0.4) is 0 Å². The number of nitrogens with zero attached hydrogens (tertiary/aromatic N) is 8. The van der Waals surface area contributed by atoms with Gasteiger partial charge in [-0.05, 0) is 24.0 Å². The second-order valence-corrected chi connectivity index (χ2v) is 10.2. The van der Waals surface area contributed by atoms with Gasteiger partial charge in [0.1, 0.15) is 24.3 Å². The minimum atomic E-state index is -0.408. The first-order valence-corrected chi connectivity index (χ1v) is 13.9. The molecule has 0 aliphatic rings. The zero-order chi connectivity index (χ0) is 27.8. The van der Waals surface area contributed by atoms with Crippen molar-refractivity contribution in [2.24, 2.45) is 0 Å². The smallest absolute Gasteiger partial charge is 0.269 e. The van der Waals surface area contributed by atoms with Gasteiger partial charge >= 0.3 is 0 Å². The van der Waals surface area contributed by atoms with E-state index in [1.165, 1.54) is 24.3 Å². The molecule has 0 amide bonds. The highest BCUT2D eigenvalue weighted by Crippen LogP contribution is 2.33. The minimum absolute atomic E-state index is 0.0358. The normalized spacial score (nSPS) is 12.8. The zero-order valence-electron chi connectivity index (χ0n) is 21.8. The Morgan fingerprint density at radius 2 is 1.10 bits per heavy atom. The molecule has 4 rings (SSSR count). The van der Waals surface area contributed by atoms with Crippen LogP contribution in [0.15, 0.2) is 61.2 Å². The van der Waals surface area contributed by atoms with Crippen LogP contribution in [0.2, 0.25) is 0 Å². The van der Waals surface area contributed by atoms with Gasteiger partial charge in [0.05, 0.1) is 21.7 Å². The Bertz CT molecular complexity index is 1280. The number of aryl methyl sites for hydroxylation is 2. The number of benzene rings is 2. The van der Waals surface area contributed by atoms with Crippen molar-refractivity contribution in [3.63, 3.8) is 0 Å². The summed E-state index contributed by atoms with van der Waals surface area (Å²) in [5.74, 6) is 2.61. The van der Waals surface area contributed by atoms with E-state index in [4.69, 9.17) is 0 Å². The predicted octanol–water partition coefficient (Wildman–Crippen LogP) is 5.20. The minimum Gasteiger partial charge on any atom is -0.317 e. The van der Waals surface area contributed by atoms with Gasteiger partial charge in [-0.25, -0.2) is 0 Å². The van der Waals surface area contributed by atoms with Crippen molar-refractivity contribution in [2.75, 3.05) is 11.5 Å². The van der Waals surface area contributed by atoms with Crippen LogP contribution in [0.4, 0.5) is 11.4 Å². The van der Waals surface area contributed by atoms with Gasteiger partial charge < -0.3 is 9.13 Å². The topological polar surface area (TPSA) is 148 Å². The van der Waals surface area contributed by atoms with Crippen LogP contribution >= 0.6 is 11.8 Å². The molecule has 2 unspecified atom stereocenters. The van der Waals surface area contributed by atoms with Crippen molar-refractivity contribution in [3.8, 4) is 0 Å². The Kier molecular flexibility index (Phi) is 9.36. The van der Waals surface area contributed by atoms with Crippen LogP contribution in [-0.4, -0.2) is 50.9 Å². The summed E-state index contributed by atoms with van der Waals surface area (Å²) < 4.78 is 4.05. The number of hydrogen-bond acceptors (Lipinski definition) is 9. The van der Waals surface area contributed by atoms with Gasteiger partial charge in [0, 0.05) is 48.9 Å². The quantitative estimate of drug-likeness (QED) is 0.152. The summed E-state index contributed by atoms with van der Waals surface area (Å²) in [6.45, 7) is 5.70. The van der Waals surface area contributed by atoms with E-state index < -0.39 is 9.85 Å². The van der Waals surface area contributed by atoms with E-state index in [0.29, 0.717) is 11.5 Å². The molecule has 0 bridgehead atoms. The van der Waals surface area contributed by atoms with Crippen LogP contribution in [0.1, 0.15) is 61.3 Å². The fourth-order valence-corrected chi connectivity index (χ4v) is 5.78. The average molecular weight is 551 g/mol. The average Bonchev–Trinajstić information content (AvgIpc) is 3.59. The lowest BCUT2D eigenvalue weighted by Crippen LogP contribution is -2.16. The third kappa shape index (κ3) is 6.66. The standard InChI is InChI=1S/C26H30N8O4S/c1-3-13-31-17-27-29-25(31)23(19-5-9-21(10-6-19)33(35)36)15-39-16-24(26-30-28-18-32(26)14-4-2)20-7-11-22(12-8-20)34(37)38/h5-12,17-18,23-24H,3-4,13-16H2,1-2H3. The van der Waals surface area contributed by atoms with Crippen molar-refractivity contribution >= 4 is 23.1 Å². The molecule has 0 aliphatic heterocycles. The number of non-ortho nitro benzene ring substituents is 2. The van der Waals surface area contributed by atoms with Gasteiger partial charge in [-0.15, -0.1) is 20.4 Å². The number of nitro benzene ring substituents is 2. The van der Waals surface area contributed by atoms with Crippen molar-refractivity contribution in [3.05, 3.63) is 104 Å². The molecule has 2 aromatic heterocycles. The molecule has 0 fully saturated rings. The van der Waals surface area contributed by atoms with Crippen LogP contribution in [-0.2, 0) is 13.1 Å². The Hall–Kier alpha value is -4.13. The van der Waals surface area contributed by atoms with E-state index >= 15 is 0 Å². The largest absolute Gasteiger partial charge is 0.317 e. The summed E-state index contributed by atoms with van der Waals surface area (Å²) in [4.78, 5) is 21.6. The Morgan fingerprint density at radius 3 is 1.44 bits per heavy atom. The van der Waals surface area contributed by atoms with Gasteiger partial charge in [-0.1, -0.05) is 38.1 Å². The van der Waals surface area contributed by atoms with Crippen LogP contribution in [0.5, 0.6) is 0 Å². The van der Waals surface area contributed by atoms with E-state index in [1.54, 1.807) is 48.7 Å². The molecule has 12 nitrogen and oxygen atoms in total. The third-order valence-corrected chi connectivity index (χ3v) is 7.56. The summed E-state index contributed by atoms with van der Waals surface area (Å²) in [5, 5.41) is 39.5. The van der Waals surface area contributed by atoms with E-state index in [1.807, 2.05) is 9.13 Å². The van der Waals surface area contributed by atoms with Crippen LogP contribution < -0.4 is 0 Å². The highest BCUT2D eigenvalue weighted by molar-refractivity contribution is 7.99. The molecule has 0 N–H and O–H groups in total. The molecule has 0 saturated heterocycles. The molecule has 2 heterocycles. The molecule has 204 valence electrons. The number of aromatic nitrogens is 6. The summed E-state index contributed by atoms with van der Waals surface area (Å²) in [7, 11) is 0. The molecule has 4 aromatic rings. The van der Waals surface area contributed by atoms with Crippen molar-refractivity contribution in [2.45, 2.75) is 51.6 Å². The van der Waals surface area contributed by atoms with Crippen molar-refractivity contribution in [1.82, 2.24) is 29.5 Å². The summed E-state index contributed by atoms with van der Waals surface area (Å²) in [6.07, 6.45) is 5.27. The molecular formula is C26H30N8O4S. The second-order valence-electron chi connectivity index (χ2n) is 9.10. The molecule has 0 radical (unpaired) electrons. The lowest BCUT2D eigenvalue weighted by atomic mass is 9.99. The Labute approximate surface area is 229 Å². The van der Waals surface area contributed by atoms with Gasteiger partial charge in [-0.3, -0.25) is 20.2 Å². The molecule has 2 aromatic carbocycles. The van der Waals surface area contributed by atoms with Crippen molar-refractivity contribution in [1.29, 1.82) is 0 Å². The lowest BCUT2D eigenvalue weighted by molar-refractivity contribution is -0.385. The SMILES string of the molecule is CCCn1cnnc1C(CSCC(c1ccc([N+](=O)[O-])cc1)c1nncn1CCC)c1ccc([N+](=O)[O-])cc1. The highest BCUT2D eigenvalue weighted by Gasteiger charge is 2.25. The third-order valence-electron chi connectivity index (χ3n) is 6.42. The van der Waals surface area contributed by atoms with E-state index in [9.17, 15) is 20.2 Å². The van der Waals surface area contributed by atoms with E-state index in [0.717, 1.165) is 48.7 Å². The molecule has 13 heteroatoms. The van der Waals surface area contributed by atoms with Gasteiger partial charge in [0.25, 0.3) is 11.4 Å². The lowest BCUT2D eigenvalue weighted by Gasteiger charge is -2.21. The predicted molar refractivity (Wildman–Crippen MR) is 148 cm³/mol. The molecule has 39 heavy (non-hydrogen) atoms. The van der Waals surface area contributed by atoms with Crippen molar-refractivity contribution < 1.29 is 9.85 Å². The number of thioether (sulfide) groups is 1.